The van der Waals surface area contributed by atoms with E-state index >= 15 is 0 Å². The van der Waals surface area contributed by atoms with Crippen LogP contribution >= 0.6 is 15.9 Å². The zero-order valence-electron chi connectivity index (χ0n) is 12.5. The summed E-state index contributed by atoms with van der Waals surface area (Å²) in [5.74, 6) is 0.0882. The van der Waals surface area contributed by atoms with Crippen LogP contribution in [-0.2, 0) is 0 Å². The highest BCUT2D eigenvalue weighted by Gasteiger charge is 2.14. The maximum Gasteiger partial charge on any atom is 0.182 e. The highest BCUT2D eigenvalue weighted by molar-refractivity contribution is 9.10. The van der Waals surface area contributed by atoms with E-state index < -0.39 is 0 Å². The topological polar surface area (TPSA) is 20.3 Å². The average molecular weight is 366 g/mol. The Morgan fingerprint density at radius 2 is 1.22 bits per heavy atom. The molecule has 114 valence electrons. The van der Waals surface area contributed by atoms with Gasteiger partial charge in [0.05, 0.1) is 6.54 Å². The van der Waals surface area contributed by atoms with Gasteiger partial charge in [-0.3, -0.25) is 4.79 Å². The normalized spacial score (nSPS) is 10.3. The van der Waals surface area contributed by atoms with Gasteiger partial charge in [0.15, 0.2) is 5.78 Å². The molecule has 0 radical (unpaired) electrons. The number of para-hydroxylation sites is 2. The summed E-state index contributed by atoms with van der Waals surface area (Å²) in [4.78, 5) is 14.7. The van der Waals surface area contributed by atoms with Gasteiger partial charge in [0.1, 0.15) is 0 Å². The second kappa shape index (κ2) is 7.25. The number of carbonyl (C=O) groups excluding carboxylic acids is 1. The van der Waals surface area contributed by atoms with Gasteiger partial charge in [0, 0.05) is 21.4 Å². The van der Waals surface area contributed by atoms with Crippen LogP contribution in [0.15, 0.2) is 89.4 Å². The number of anilines is 2. The summed E-state index contributed by atoms with van der Waals surface area (Å²) in [5.41, 5.74) is 2.72. The number of halogens is 1. The number of hydrogen-bond donors (Lipinski definition) is 0. The molecular formula is C20H16BrNO. The van der Waals surface area contributed by atoms with Crippen LogP contribution < -0.4 is 4.90 Å². The first-order chi connectivity index (χ1) is 11.2. The maximum atomic E-state index is 12.7. The smallest absolute Gasteiger partial charge is 0.182 e. The molecule has 0 saturated carbocycles. The van der Waals surface area contributed by atoms with Gasteiger partial charge in [-0.2, -0.15) is 0 Å². The van der Waals surface area contributed by atoms with Gasteiger partial charge in [-0.05, 0) is 36.4 Å². The van der Waals surface area contributed by atoms with E-state index in [1.54, 1.807) is 0 Å². The Hall–Kier alpha value is -2.39. The molecule has 23 heavy (non-hydrogen) atoms. The zero-order valence-corrected chi connectivity index (χ0v) is 14.1. The summed E-state index contributed by atoms with van der Waals surface area (Å²) >= 11 is 3.40. The summed E-state index contributed by atoms with van der Waals surface area (Å²) in [6, 6.07) is 27.4. The Kier molecular flexibility index (Phi) is 4.89. The number of ketones is 1. The fourth-order valence-electron chi connectivity index (χ4n) is 2.42. The number of hydrogen-bond acceptors (Lipinski definition) is 2. The lowest BCUT2D eigenvalue weighted by molar-refractivity contribution is 0.100. The monoisotopic (exact) mass is 365 g/mol. The first-order valence-corrected chi connectivity index (χ1v) is 8.20. The highest BCUT2D eigenvalue weighted by Crippen LogP contribution is 2.25. The molecule has 0 N–H and O–H groups in total. The van der Waals surface area contributed by atoms with Crippen molar-refractivity contribution >= 4 is 33.1 Å². The SMILES string of the molecule is O=C(CN(c1ccccc1)c1ccccc1)c1ccc(Br)cc1. The summed E-state index contributed by atoms with van der Waals surface area (Å²) in [6.45, 7) is 0.301. The van der Waals surface area contributed by atoms with E-state index in [9.17, 15) is 4.79 Å². The van der Waals surface area contributed by atoms with E-state index in [1.807, 2.05) is 89.8 Å². The summed E-state index contributed by atoms with van der Waals surface area (Å²) < 4.78 is 0.969. The molecule has 0 amide bonds. The Morgan fingerprint density at radius 1 is 0.739 bits per heavy atom. The van der Waals surface area contributed by atoms with E-state index in [4.69, 9.17) is 0 Å². The number of carbonyl (C=O) groups is 1. The number of nitrogens with zero attached hydrogens (tertiary/aromatic N) is 1. The second-order valence-corrected chi connectivity index (χ2v) is 6.10. The molecule has 0 unspecified atom stereocenters. The molecule has 3 aromatic carbocycles. The van der Waals surface area contributed by atoms with Gasteiger partial charge in [-0.25, -0.2) is 0 Å². The van der Waals surface area contributed by atoms with Crippen molar-refractivity contribution in [2.75, 3.05) is 11.4 Å². The van der Waals surface area contributed by atoms with E-state index in [1.165, 1.54) is 0 Å². The Labute approximate surface area is 144 Å². The standard InChI is InChI=1S/C20H16BrNO/c21-17-13-11-16(12-14-17)20(23)15-22(18-7-3-1-4-8-18)19-9-5-2-6-10-19/h1-14H,15H2. The average Bonchev–Trinajstić information content (AvgIpc) is 2.61. The van der Waals surface area contributed by atoms with Crippen LogP contribution in [0.5, 0.6) is 0 Å². The zero-order chi connectivity index (χ0) is 16.1. The first kappa shape index (κ1) is 15.5. The number of rotatable bonds is 5. The molecule has 0 spiro atoms. The quantitative estimate of drug-likeness (QED) is 0.558. The van der Waals surface area contributed by atoms with Gasteiger partial charge in [-0.1, -0.05) is 64.5 Å². The van der Waals surface area contributed by atoms with E-state index in [-0.39, 0.29) is 5.78 Å². The lowest BCUT2D eigenvalue weighted by atomic mass is 10.1. The fourth-order valence-corrected chi connectivity index (χ4v) is 2.68. The van der Waals surface area contributed by atoms with Crippen LogP contribution in [0, 0.1) is 0 Å². The van der Waals surface area contributed by atoms with Crippen molar-refractivity contribution in [2.24, 2.45) is 0 Å². The lowest BCUT2D eigenvalue weighted by Crippen LogP contribution is -2.25. The maximum absolute atomic E-state index is 12.7. The Balaban J connectivity index is 1.90. The number of Topliss-reactive ketones (excluding diaryl/α,β-unsaturated/α-hetero) is 1. The molecule has 0 aliphatic rings. The first-order valence-electron chi connectivity index (χ1n) is 7.40. The largest absolute Gasteiger partial charge is 0.334 e. The third kappa shape index (κ3) is 3.88. The molecule has 0 fully saturated rings. The van der Waals surface area contributed by atoms with Gasteiger partial charge in [0.25, 0.3) is 0 Å². The molecule has 0 saturated heterocycles. The Morgan fingerprint density at radius 3 is 1.70 bits per heavy atom. The fraction of sp³-hybridized carbons (Fsp3) is 0.0500. The predicted octanol–water partition coefficient (Wildman–Crippen LogP) is 5.47. The van der Waals surface area contributed by atoms with Crippen molar-refractivity contribution < 1.29 is 4.79 Å². The van der Waals surface area contributed by atoms with Crippen LogP contribution in [0.1, 0.15) is 10.4 Å². The summed E-state index contributed by atoms with van der Waals surface area (Å²) in [7, 11) is 0. The number of benzene rings is 3. The van der Waals surface area contributed by atoms with Crippen molar-refractivity contribution in [3.05, 3.63) is 95.0 Å². The minimum absolute atomic E-state index is 0.0882. The lowest BCUT2D eigenvalue weighted by Gasteiger charge is -2.24. The molecular weight excluding hydrogens is 350 g/mol. The van der Waals surface area contributed by atoms with Gasteiger partial charge >= 0.3 is 0 Å². The van der Waals surface area contributed by atoms with E-state index in [2.05, 4.69) is 15.9 Å². The van der Waals surface area contributed by atoms with Gasteiger partial charge in [-0.15, -0.1) is 0 Å². The van der Waals surface area contributed by atoms with E-state index in [0.29, 0.717) is 12.1 Å². The molecule has 3 aromatic rings. The summed E-state index contributed by atoms with van der Waals surface area (Å²) in [5, 5.41) is 0. The van der Waals surface area contributed by atoms with Crippen molar-refractivity contribution in [3.8, 4) is 0 Å². The van der Waals surface area contributed by atoms with Crippen LogP contribution in [0.3, 0.4) is 0 Å². The van der Waals surface area contributed by atoms with Crippen LogP contribution in [0.2, 0.25) is 0 Å². The molecule has 0 bridgehead atoms. The van der Waals surface area contributed by atoms with E-state index in [0.717, 1.165) is 15.8 Å². The third-order valence-corrected chi connectivity index (χ3v) is 4.13. The molecule has 0 aromatic heterocycles. The van der Waals surface area contributed by atoms with Gasteiger partial charge in [0.2, 0.25) is 0 Å². The molecule has 3 rings (SSSR count). The molecule has 0 atom stereocenters. The third-order valence-electron chi connectivity index (χ3n) is 3.60. The van der Waals surface area contributed by atoms with Gasteiger partial charge < -0.3 is 4.90 Å². The van der Waals surface area contributed by atoms with Crippen molar-refractivity contribution in [1.82, 2.24) is 0 Å². The molecule has 0 heterocycles. The van der Waals surface area contributed by atoms with Crippen molar-refractivity contribution in [3.63, 3.8) is 0 Å². The van der Waals surface area contributed by atoms with Crippen molar-refractivity contribution in [2.45, 2.75) is 0 Å². The van der Waals surface area contributed by atoms with Crippen molar-refractivity contribution in [1.29, 1.82) is 0 Å². The highest BCUT2D eigenvalue weighted by atomic mass is 79.9. The summed E-state index contributed by atoms with van der Waals surface area (Å²) in [6.07, 6.45) is 0. The molecule has 3 heteroatoms. The van der Waals surface area contributed by atoms with Crippen LogP contribution in [0.25, 0.3) is 0 Å². The molecule has 2 nitrogen and oxygen atoms in total. The van der Waals surface area contributed by atoms with Crippen LogP contribution in [-0.4, -0.2) is 12.3 Å². The second-order valence-electron chi connectivity index (χ2n) is 5.19. The Bertz CT molecular complexity index is 730. The minimum atomic E-state index is 0.0882. The predicted molar refractivity (Wildman–Crippen MR) is 98.4 cm³/mol. The molecule has 0 aliphatic heterocycles. The molecule has 0 aliphatic carbocycles. The minimum Gasteiger partial charge on any atom is -0.334 e. The van der Waals surface area contributed by atoms with Crippen LogP contribution in [0.4, 0.5) is 11.4 Å².